The molecule has 1 atom stereocenters. The monoisotopic (exact) mass is 298 g/mol. The van der Waals surface area contributed by atoms with Gasteiger partial charge in [-0.2, -0.15) is 5.10 Å². The van der Waals surface area contributed by atoms with Crippen molar-refractivity contribution in [2.75, 3.05) is 7.11 Å². The molecule has 0 amide bonds. The predicted molar refractivity (Wildman–Crippen MR) is 78.9 cm³/mol. The molecule has 3 rings (SSSR count). The number of rotatable bonds is 3. The van der Waals surface area contributed by atoms with Crippen LogP contribution >= 0.6 is 0 Å². The Morgan fingerprint density at radius 3 is 2.86 bits per heavy atom. The van der Waals surface area contributed by atoms with Crippen molar-refractivity contribution in [2.45, 2.75) is 13.0 Å². The molecule has 0 radical (unpaired) electrons. The van der Waals surface area contributed by atoms with E-state index < -0.39 is 5.97 Å². The molecular weight excluding hydrogens is 284 g/mol. The van der Waals surface area contributed by atoms with Crippen molar-refractivity contribution in [3.05, 3.63) is 58.4 Å². The lowest BCUT2D eigenvalue weighted by molar-refractivity contribution is 0.0600. The number of nitrogens with one attached hydrogen (secondary N) is 1. The van der Waals surface area contributed by atoms with E-state index in [9.17, 15) is 9.59 Å². The summed E-state index contributed by atoms with van der Waals surface area (Å²) >= 11 is 0. The van der Waals surface area contributed by atoms with Crippen molar-refractivity contribution < 1.29 is 9.53 Å². The average Bonchev–Trinajstić information content (AvgIpc) is 2.94. The Kier molecular flexibility index (Phi) is 3.46. The van der Waals surface area contributed by atoms with Crippen molar-refractivity contribution in [3.8, 4) is 11.3 Å². The topological polar surface area (TPSA) is 89.9 Å². The molecule has 1 aromatic rings. The minimum atomic E-state index is -0.543. The summed E-state index contributed by atoms with van der Waals surface area (Å²) in [5, 5.41) is 6.25. The SMILES string of the molecule is COC(=O)c1cn([C@@H](C)c2ccccn2)cc2c(=O)[nH]nc1-2. The van der Waals surface area contributed by atoms with Gasteiger partial charge in [0, 0.05) is 18.6 Å². The molecule has 0 aromatic carbocycles. The number of nitrogens with zero attached hydrogens (tertiary/aromatic N) is 3. The van der Waals surface area contributed by atoms with Crippen molar-refractivity contribution >= 4 is 5.97 Å². The van der Waals surface area contributed by atoms with E-state index >= 15 is 0 Å². The highest BCUT2D eigenvalue weighted by molar-refractivity contribution is 5.95. The van der Waals surface area contributed by atoms with E-state index in [4.69, 9.17) is 4.74 Å². The first-order valence-corrected chi connectivity index (χ1v) is 6.71. The molecule has 0 bridgehead atoms. The Bertz CT molecular complexity index is 838. The number of aromatic nitrogens is 4. The number of aromatic amines is 1. The molecule has 0 saturated carbocycles. The van der Waals surface area contributed by atoms with E-state index in [0.29, 0.717) is 11.3 Å². The van der Waals surface area contributed by atoms with Gasteiger partial charge in [0.1, 0.15) is 11.3 Å². The zero-order valence-corrected chi connectivity index (χ0v) is 12.1. The zero-order valence-electron chi connectivity index (χ0n) is 12.1. The number of hydrogen-bond acceptors (Lipinski definition) is 5. The van der Waals surface area contributed by atoms with Crippen LogP contribution in [0.25, 0.3) is 11.3 Å². The van der Waals surface area contributed by atoms with E-state index in [1.54, 1.807) is 23.2 Å². The Morgan fingerprint density at radius 2 is 2.18 bits per heavy atom. The highest BCUT2D eigenvalue weighted by Crippen LogP contribution is 2.24. The zero-order chi connectivity index (χ0) is 15.7. The fourth-order valence-electron chi connectivity index (χ4n) is 2.32. The minimum absolute atomic E-state index is 0.150. The second-order valence-electron chi connectivity index (χ2n) is 4.86. The summed E-state index contributed by atoms with van der Waals surface area (Å²) < 4.78 is 6.53. The number of carbonyl (C=O) groups is 1. The summed E-state index contributed by atoms with van der Waals surface area (Å²) in [4.78, 5) is 28.1. The normalized spacial score (nSPS) is 12.3. The number of pyridine rings is 2. The molecule has 1 N–H and O–H groups in total. The third-order valence-electron chi connectivity index (χ3n) is 3.55. The molecule has 7 heteroatoms. The third kappa shape index (κ3) is 2.26. The molecule has 1 aromatic heterocycles. The number of esters is 1. The quantitative estimate of drug-likeness (QED) is 0.739. The summed E-state index contributed by atoms with van der Waals surface area (Å²) in [6.07, 6.45) is 4.98. The van der Waals surface area contributed by atoms with Gasteiger partial charge in [0.25, 0.3) is 5.56 Å². The number of H-pyrrole nitrogens is 1. The first kappa shape index (κ1) is 14.0. The van der Waals surface area contributed by atoms with Gasteiger partial charge in [-0.05, 0) is 19.1 Å². The molecule has 7 nitrogen and oxygen atoms in total. The molecule has 2 aliphatic heterocycles. The van der Waals surface area contributed by atoms with Gasteiger partial charge in [0.2, 0.25) is 0 Å². The summed E-state index contributed by atoms with van der Waals surface area (Å²) in [7, 11) is 1.29. The summed E-state index contributed by atoms with van der Waals surface area (Å²) in [5.41, 5.74) is 1.36. The number of fused-ring (bicyclic) bond motifs is 1. The van der Waals surface area contributed by atoms with Crippen molar-refractivity contribution in [2.24, 2.45) is 0 Å². The van der Waals surface area contributed by atoms with Crippen molar-refractivity contribution in [1.29, 1.82) is 0 Å². The van der Waals surface area contributed by atoms with E-state index in [1.165, 1.54) is 7.11 Å². The molecular formula is C15H14N4O3. The standard InChI is InChI=1S/C15H14N4O3/c1-9(12-5-3-4-6-16-12)19-7-10-13(17-18-14(10)20)11(8-19)15(21)22-2/h3-9H,1-2H3,(H,18,20)/t9-/m0/s1. The van der Waals surface area contributed by atoms with Crippen LogP contribution in [0.4, 0.5) is 0 Å². The van der Waals surface area contributed by atoms with Crippen LogP contribution in [0.15, 0.2) is 41.6 Å². The van der Waals surface area contributed by atoms with Crippen LogP contribution in [0.1, 0.15) is 29.0 Å². The molecule has 0 spiro atoms. The van der Waals surface area contributed by atoms with E-state index in [-0.39, 0.29) is 17.2 Å². The Hall–Kier alpha value is -2.96. The maximum absolute atomic E-state index is 11.9. The van der Waals surface area contributed by atoms with Crippen LogP contribution < -0.4 is 5.56 Å². The van der Waals surface area contributed by atoms with E-state index in [2.05, 4.69) is 15.2 Å². The number of ether oxygens (including phenoxy) is 1. The highest BCUT2D eigenvalue weighted by Gasteiger charge is 2.23. The summed E-state index contributed by atoms with van der Waals surface area (Å²) in [6.45, 7) is 1.93. The lowest BCUT2D eigenvalue weighted by Gasteiger charge is -2.18. The van der Waals surface area contributed by atoms with Gasteiger partial charge in [0.05, 0.1) is 24.4 Å². The maximum atomic E-state index is 11.9. The van der Waals surface area contributed by atoms with Crippen LogP contribution in [0.5, 0.6) is 0 Å². The van der Waals surface area contributed by atoms with Crippen LogP contribution in [0.3, 0.4) is 0 Å². The number of carbonyl (C=O) groups excluding carboxylic acids is 1. The van der Waals surface area contributed by atoms with Crippen molar-refractivity contribution in [3.63, 3.8) is 0 Å². The Labute approximate surface area is 125 Å². The van der Waals surface area contributed by atoms with Crippen LogP contribution in [-0.2, 0) is 4.74 Å². The van der Waals surface area contributed by atoms with E-state index in [0.717, 1.165) is 5.69 Å². The smallest absolute Gasteiger partial charge is 0.341 e. The van der Waals surface area contributed by atoms with E-state index in [1.807, 2.05) is 25.1 Å². The third-order valence-corrected chi connectivity index (χ3v) is 3.55. The molecule has 0 unspecified atom stereocenters. The largest absolute Gasteiger partial charge is 0.465 e. The van der Waals surface area contributed by atoms with Gasteiger partial charge in [-0.1, -0.05) is 6.07 Å². The molecule has 0 saturated heterocycles. The maximum Gasteiger partial charge on any atom is 0.341 e. The first-order valence-electron chi connectivity index (χ1n) is 6.71. The first-order chi connectivity index (χ1) is 10.6. The summed E-state index contributed by atoms with van der Waals surface area (Å²) in [5.74, 6) is -0.543. The number of hydrogen-bond donors (Lipinski definition) is 1. The second-order valence-corrected chi connectivity index (χ2v) is 4.86. The van der Waals surface area contributed by atoms with Gasteiger partial charge in [-0.15, -0.1) is 0 Å². The van der Waals surface area contributed by atoms with Crippen LogP contribution in [-0.4, -0.2) is 32.8 Å². The van der Waals surface area contributed by atoms with Gasteiger partial charge < -0.3 is 9.30 Å². The average molecular weight is 298 g/mol. The molecule has 0 aliphatic carbocycles. The second kappa shape index (κ2) is 5.44. The molecule has 2 aliphatic rings. The Morgan fingerprint density at radius 1 is 1.36 bits per heavy atom. The lowest BCUT2D eigenvalue weighted by Crippen LogP contribution is -2.15. The fourth-order valence-corrected chi connectivity index (χ4v) is 2.32. The van der Waals surface area contributed by atoms with Crippen LogP contribution in [0, 0.1) is 0 Å². The van der Waals surface area contributed by atoms with Gasteiger partial charge in [-0.3, -0.25) is 9.78 Å². The fraction of sp³-hybridized carbons (Fsp3) is 0.200. The molecule has 22 heavy (non-hydrogen) atoms. The molecule has 112 valence electrons. The lowest BCUT2D eigenvalue weighted by atomic mass is 10.1. The summed E-state index contributed by atoms with van der Waals surface area (Å²) in [6, 6.07) is 5.45. The van der Waals surface area contributed by atoms with Gasteiger partial charge in [-0.25, -0.2) is 9.89 Å². The van der Waals surface area contributed by atoms with Gasteiger partial charge in [0.15, 0.2) is 0 Å². The number of methoxy groups -OCH3 is 1. The van der Waals surface area contributed by atoms with Crippen molar-refractivity contribution in [1.82, 2.24) is 19.7 Å². The van der Waals surface area contributed by atoms with Crippen LogP contribution in [0.2, 0.25) is 0 Å². The van der Waals surface area contributed by atoms with Gasteiger partial charge >= 0.3 is 5.97 Å². The minimum Gasteiger partial charge on any atom is -0.465 e. The molecule has 3 heterocycles. The highest BCUT2D eigenvalue weighted by atomic mass is 16.5. The Balaban J connectivity index is 2.18. The molecule has 0 fully saturated rings. The predicted octanol–water partition coefficient (Wildman–Crippen LogP) is 1.47.